The zero-order valence-electron chi connectivity index (χ0n) is 15.3. The van der Waals surface area contributed by atoms with E-state index in [-0.39, 0.29) is 23.6 Å². The summed E-state index contributed by atoms with van der Waals surface area (Å²) in [6, 6.07) is 14.2. The van der Waals surface area contributed by atoms with Crippen molar-refractivity contribution in [1.29, 1.82) is 0 Å². The van der Waals surface area contributed by atoms with Gasteiger partial charge in [0, 0.05) is 10.9 Å². The molecular weight excluding hydrogens is 398 g/mol. The summed E-state index contributed by atoms with van der Waals surface area (Å²) in [5.41, 5.74) is 2.33. The Balaban J connectivity index is 1.72. The van der Waals surface area contributed by atoms with Crippen LogP contribution in [0.4, 0.5) is 8.78 Å². The molecule has 0 N–H and O–H groups in total. The number of halogens is 2. The number of thiophene rings is 1. The monoisotopic (exact) mass is 414 g/mol. The lowest BCUT2D eigenvalue weighted by atomic mass is 10.1. The van der Waals surface area contributed by atoms with E-state index in [1.54, 1.807) is 12.1 Å². The molecule has 0 fully saturated rings. The minimum atomic E-state index is -2.95. The minimum Gasteiger partial charge on any atom is -0.493 e. The summed E-state index contributed by atoms with van der Waals surface area (Å²) in [6.45, 7) is -2.73. The first-order valence-corrected chi connectivity index (χ1v) is 9.58. The van der Waals surface area contributed by atoms with E-state index in [9.17, 15) is 13.6 Å². The maximum Gasteiger partial charge on any atom is 0.387 e. The molecule has 148 valence electrons. The molecule has 0 amide bonds. The van der Waals surface area contributed by atoms with Crippen molar-refractivity contribution in [3.05, 3.63) is 76.2 Å². The summed E-state index contributed by atoms with van der Waals surface area (Å²) >= 11 is 1.42. The Morgan fingerprint density at radius 1 is 1.14 bits per heavy atom. The van der Waals surface area contributed by atoms with Crippen molar-refractivity contribution < 1.29 is 18.3 Å². The van der Waals surface area contributed by atoms with Gasteiger partial charge in [0.25, 0.3) is 5.56 Å². The van der Waals surface area contributed by atoms with Crippen molar-refractivity contribution in [3.63, 3.8) is 0 Å². The molecule has 0 radical (unpaired) electrons. The first kappa shape index (κ1) is 19.1. The van der Waals surface area contributed by atoms with Gasteiger partial charge in [-0.1, -0.05) is 36.4 Å². The molecule has 2 aromatic carbocycles. The number of fused-ring (bicyclic) bond motifs is 1. The lowest BCUT2D eigenvalue weighted by Gasteiger charge is -2.12. The van der Waals surface area contributed by atoms with Crippen LogP contribution in [0.25, 0.3) is 21.3 Å². The maximum absolute atomic E-state index is 13.1. The Kier molecular flexibility index (Phi) is 5.26. The fourth-order valence-corrected chi connectivity index (χ4v) is 4.02. The van der Waals surface area contributed by atoms with Crippen LogP contribution in [-0.4, -0.2) is 23.3 Å². The van der Waals surface area contributed by atoms with Gasteiger partial charge >= 0.3 is 6.61 Å². The topological polar surface area (TPSA) is 53.4 Å². The van der Waals surface area contributed by atoms with Gasteiger partial charge < -0.3 is 9.47 Å². The van der Waals surface area contributed by atoms with E-state index in [0.29, 0.717) is 15.8 Å². The quantitative estimate of drug-likeness (QED) is 0.456. The third-order valence-corrected chi connectivity index (χ3v) is 5.33. The molecule has 4 aromatic rings. The predicted octanol–water partition coefficient (Wildman–Crippen LogP) is 4.78. The van der Waals surface area contributed by atoms with E-state index >= 15 is 0 Å². The van der Waals surface area contributed by atoms with E-state index in [1.165, 1.54) is 35.4 Å². The van der Waals surface area contributed by atoms with Gasteiger partial charge in [-0.25, -0.2) is 4.98 Å². The highest BCUT2D eigenvalue weighted by Crippen LogP contribution is 2.31. The Bertz CT molecular complexity index is 1210. The third-order valence-electron chi connectivity index (χ3n) is 4.44. The van der Waals surface area contributed by atoms with Gasteiger partial charge in [-0.15, -0.1) is 11.3 Å². The highest BCUT2D eigenvalue weighted by Gasteiger charge is 2.15. The van der Waals surface area contributed by atoms with Crippen molar-refractivity contribution in [2.45, 2.75) is 13.2 Å². The zero-order valence-corrected chi connectivity index (χ0v) is 16.2. The molecule has 0 spiro atoms. The average molecular weight is 414 g/mol. The molecule has 0 unspecified atom stereocenters. The van der Waals surface area contributed by atoms with Gasteiger partial charge in [0.05, 0.1) is 25.4 Å². The van der Waals surface area contributed by atoms with E-state index in [2.05, 4.69) is 9.72 Å². The molecule has 0 aliphatic rings. The fourth-order valence-electron chi connectivity index (χ4n) is 3.11. The Labute approximate surface area is 168 Å². The van der Waals surface area contributed by atoms with Gasteiger partial charge in [0.2, 0.25) is 0 Å². The SMILES string of the molecule is COc1cc(Cn2cnc3scc(-c4ccccc4)c3c2=O)ccc1OC(F)F. The standard InChI is InChI=1S/C21H16F2N2O3S/c1-27-17-9-13(7-8-16(17)28-21(22)23)10-25-12-24-19-18(20(25)26)15(11-29-19)14-5-3-2-4-6-14/h2-9,11-12,21H,10H2,1H3. The van der Waals surface area contributed by atoms with Crippen LogP contribution in [0.15, 0.2) is 65.0 Å². The molecule has 0 bridgehead atoms. The van der Waals surface area contributed by atoms with E-state index < -0.39 is 6.61 Å². The van der Waals surface area contributed by atoms with Crippen LogP contribution in [-0.2, 0) is 6.54 Å². The Hall–Kier alpha value is -3.26. The van der Waals surface area contributed by atoms with Crippen LogP contribution in [0.3, 0.4) is 0 Å². The minimum absolute atomic E-state index is 0.0589. The third kappa shape index (κ3) is 3.84. The molecule has 29 heavy (non-hydrogen) atoms. The van der Waals surface area contributed by atoms with Crippen molar-refractivity contribution in [3.8, 4) is 22.6 Å². The molecule has 2 heterocycles. The number of aromatic nitrogens is 2. The number of hydrogen-bond acceptors (Lipinski definition) is 5. The van der Waals surface area contributed by atoms with Gasteiger partial charge in [0.15, 0.2) is 11.5 Å². The zero-order chi connectivity index (χ0) is 20.4. The molecule has 0 saturated heterocycles. The van der Waals surface area contributed by atoms with Crippen molar-refractivity contribution in [2.24, 2.45) is 0 Å². The molecule has 4 rings (SSSR count). The number of alkyl halides is 2. The van der Waals surface area contributed by atoms with E-state index in [4.69, 9.17) is 4.74 Å². The van der Waals surface area contributed by atoms with Crippen LogP contribution >= 0.6 is 11.3 Å². The van der Waals surface area contributed by atoms with Crippen molar-refractivity contribution in [2.75, 3.05) is 7.11 Å². The van der Waals surface area contributed by atoms with Crippen LogP contribution in [0.5, 0.6) is 11.5 Å². The summed E-state index contributed by atoms with van der Waals surface area (Å²) < 4.78 is 36.1. The van der Waals surface area contributed by atoms with Gasteiger partial charge in [-0.05, 0) is 23.3 Å². The average Bonchev–Trinajstić information content (AvgIpc) is 3.16. The lowest BCUT2D eigenvalue weighted by Crippen LogP contribution is -2.21. The maximum atomic E-state index is 13.1. The second-order valence-electron chi connectivity index (χ2n) is 6.24. The molecule has 0 atom stereocenters. The van der Waals surface area contributed by atoms with Gasteiger partial charge in [-0.2, -0.15) is 8.78 Å². The number of benzene rings is 2. The van der Waals surface area contributed by atoms with Crippen LogP contribution in [0.2, 0.25) is 0 Å². The number of nitrogens with zero attached hydrogens (tertiary/aromatic N) is 2. The smallest absolute Gasteiger partial charge is 0.387 e. The molecule has 0 aliphatic carbocycles. The molecular formula is C21H16F2N2O3S. The number of ether oxygens (including phenoxy) is 2. The van der Waals surface area contributed by atoms with Gasteiger partial charge in [0.1, 0.15) is 4.83 Å². The van der Waals surface area contributed by atoms with E-state index in [0.717, 1.165) is 11.1 Å². The van der Waals surface area contributed by atoms with Crippen molar-refractivity contribution >= 4 is 21.6 Å². The highest BCUT2D eigenvalue weighted by molar-refractivity contribution is 7.17. The second-order valence-corrected chi connectivity index (χ2v) is 7.09. The van der Waals surface area contributed by atoms with Crippen LogP contribution < -0.4 is 15.0 Å². The summed E-state index contributed by atoms with van der Waals surface area (Å²) in [5.74, 6) is 0.113. The Morgan fingerprint density at radius 3 is 2.66 bits per heavy atom. The van der Waals surface area contributed by atoms with Crippen molar-refractivity contribution in [1.82, 2.24) is 9.55 Å². The predicted molar refractivity (Wildman–Crippen MR) is 108 cm³/mol. The molecule has 0 saturated carbocycles. The first-order valence-electron chi connectivity index (χ1n) is 8.70. The van der Waals surface area contributed by atoms with Gasteiger partial charge in [-0.3, -0.25) is 9.36 Å². The van der Waals surface area contributed by atoms with Crippen LogP contribution in [0, 0.1) is 0 Å². The van der Waals surface area contributed by atoms with Crippen LogP contribution in [0.1, 0.15) is 5.56 Å². The Morgan fingerprint density at radius 2 is 1.93 bits per heavy atom. The number of rotatable bonds is 6. The van der Waals surface area contributed by atoms with E-state index in [1.807, 2.05) is 35.7 Å². The summed E-state index contributed by atoms with van der Waals surface area (Å²) in [6.07, 6.45) is 1.49. The normalized spacial score (nSPS) is 11.2. The highest BCUT2D eigenvalue weighted by atomic mass is 32.1. The fraction of sp³-hybridized carbons (Fsp3) is 0.143. The molecule has 5 nitrogen and oxygen atoms in total. The summed E-state index contributed by atoms with van der Waals surface area (Å²) in [5, 5.41) is 2.49. The molecule has 2 aromatic heterocycles. The summed E-state index contributed by atoms with van der Waals surface area (Å²) in [7, 11) is 1.37. The molecule has 0 aliphatic heterocycles. The largest absolute Gasteiger partial charge is 0.493 e. The first-order chi connectivity index (χ1) is 14.1. The number of methoxy groups -OCH3 is 1. The molecule has 8 heteroatoms. The number of hydrogen-bond donors (Lipinski definition) is 0. The second kappa shape index (κ2) is 8.00. The lowest BCUT2D eigenvalue weighted by molar-refractivity contribution is -0.0512. The summed E-state index contributed by atoms with van der Waals surface area (Å²) in [4.78, 5) is 18.2.